The molecule has 1 unspecified atom stereocenters. The molecule has 0 radical (unpaired) electrons. The van der Waals surface area contributed by atoms with Gasteiger partial charge in [0, 0.05) is 19.7 Å². The molecule has 1 aromatic carbocycles. The summed E-state index contributed by atoms with van der Waals surface area (Å²) in [6.45, 7) is 0. The SMILES string of the molecule is Cn1cccc1C(=O)Nc1ccccc1NC(=O)CC1C=CCC1. The number of amides is 2. The van der Waals surface area contributed by atoms with Crippen molar-refractivity contribution in [1.29, 1.82) is 0 Å². The molecule has 0 fully saturated rings. The molecule has 2 N–H and O–H groups in total. The summed E-state index contributed by atoms with van der Waals surface area (Å²) in [5.41, 5.74) is 1.78. The summed E-state index contributed by atoms with van der Waals surface area (Å²) >= 11 is 0. The van der Waals surface area contributed by atoms with E-state index < -0.39 is 0 Å². The molecule has 0 saturated heterocycles. The van der Waals surface area contributed by atoms with Crippen LogP contribution in [0.1, 0.15) is 29.8 Å². The fraction of sp³-hybridized carbons (Fsp3) is 0.263. The number of hydrogen-bond donors (Lipinski definition) is 2. The minimum atomic E-state index is -0.206. The number of allylic oxidation sites excluding steroid dienone is 2. The molecule has 0 bridgehead atoms. The lowest BCUT2D eigenvalue weighted by atomic mass is 10.0. The molecule has 0 spiro atoms. The van der Waals surface area contributed by atoms with E-state index in [2.05, 4.69) is 22.8 Å². The van der Waals surface area contributed by atoms with Gasteiger partial charge in [-0.2, -0.15) is 0 Å². The lowest BCUT2D eigenvalue weighted by Crippen LogP contribution is -2.19. The molecular weight excluding hydrogens is 302 g/mol. The Labute approximate surface area is 141 Å². The third-order valence-electron chi connectivity index (χ3n) is 4.19. The zero-order valence-corrected chi connectivity index (χ0v) is 13.7. The molecule has 1 aliphatic carbocycles. The highest BCUT2D eigenvalue weighted by molar-refractivity contribution is 6.06. The fourth-order valence-corrected chi connectivity index (χ4v) is 2.89. The number of benzene rings is 1. The Bertz CT molecular complexity index is 776. The first-order chi connectivity index (χ1) is 11.6. The van der Waals surface area contributed by atoms with Crippen LogP contribution in [0.15, 0.2) is 54.7 Å². The summed E-state index contributed by atoms with van der Waals surface area (Å²) < 4.78 is 1.75. The van der Waals surface area contributed by atoms with E-state index >= 15 is 0 Å². The summed E-state index contributed by atoms with van der Waals surface area (Å²) in [5, 5.41) is 5.77. The van der Waals surface area contributed by atoms with Gasteiger partial charge in [0.05, 0.1) is 11.4 Å². The Morgan fingerprint density at radius 2 is 1.88 bits per heavy atom. The summed E-state index contributed by atoms with van der Waals surface area (Å²) in [4.78, 5) is 24.6. The topological polar surface area (TPSA) is 63.1 Å². The average Bonchev–Trinajstić information content (AvgIpc) is 3.20. The van der Waals surface area contributed by atoms with Gasteiger partial charge in [-0.3, -0.25) is 9.59 Å². The highest BCUT2D eigenvalue weighted by Crippen LogP contribution is 2.24. The van der Waals surface area contributed by atoms with Crippen molar-refractivity contribution < 1.29 is 9.59 Å². The minimum Gasteiger partial charge on any atom is -0.347 e. The van der Waals surface area contributed by atoms with Gasteiger partial charge < -0.3 is 15.2 Å². The fourth-order valence-electron chi connectivity index (χ4n) is 2.89. The molecule has 1 atom stereocenters. The maximum Gasteiger partial charge on any atom is 0.272 e. The molecule has 5 nitrogen and oxygen atoms in total. The summed E-state index contributed by atoms with van der Waals surface area (Å²) in [6.07, 6.45) is 8.57. The summed E-state index contributed by atoms with van der Waals surface area (Å²) in [7, 11) is 1.82. The molecular formula is C19H21N3O2. The van der Waals surface area contributed by atoms with Crippen LogP contribution in [0.3, 0.4) is 0 Å². The highest BCUT2D eigenvalue weighted by atomic mass is 16.2. The van der Waals surface area contributed by atoms with Crippen molar-refractivity contribution in [3.63, 3.8) is 0 Å². The minimum absolute atomic E-state index is 0.0351. The lowest BCUT2D eigenvalue weighted by Gasteiger charge is -2.13. The predicted molar refractivity (Wildman–Crippen MR) is 94.9 cm³/mol. The van der Waals surface area contributed by atoms with Crippen molar-refractivity contribution in [2.24, 2.45) is 13.0 Å². The van der Waals surface area contributed by atoms with Gasteiger partial charge in [0.15, 0.2) is 0 Å². The number of aromatic nitrogens is 1. The Morgan fingerprint density at radius 1 is 1.12 bits per heavy atom. The lowest BCUT2D eigenvalue weighted by molar-refractivity contribution is -0.116. The monoisotopic (exact) mass is 323 g/mol. The smallest absolute Gasteiger partial charge is 0.272 e. The highest BCUT2D eigenvalue weighted by Gasteiger charge is 2.16. The van der Waals surface area contributed by atoms with Crippen LogP contribution in [0.25, 0.3) is 0 Å². The van der Waals surface area contributed by atoms with Crippen LogP contribution in [0, 0.1) is 5.92 Å². The first-order valence-corrected chi connectivity index (χ1v) is 8.11. The number of hydrogen-bond acceptors (Lipinski definition) is 2. The van der Waals surface area contributed by atoms with Crippen molar-refractivity contribution >= 4 is 23.2 Å². The van der Waals surface area contributed by atoms with Crippen LogP contribution in [-0.2, 0) is 11.8 Å². The van der Waals surface area contributed by atoms with E-state index in [1.54, 1.807) is 22.8 Å². The maximum atomic E-state index is 12.4. The molecule has 24 heavy (non-hydrogen) atoms. The van der Waals surface area contributed by atoms with Gasteiger partial charge in [0.1, 0.15) is 5.69 Å². The molecule has 3 rings (SSSR count). The summed E-state index contributed by atoms with van der Waals surface area (Å²) in [6, 6.07) is 10.8. The average molecular weight is 323 g/mol. The van der Waals surface area contributed by atoms with Gasteiger partial charge in [-0.1, -0.05) is 24.3 Å². The van der Waals surface area contributed by atoms with Crippen LogP contribution < -0.4 is 10.6 Å². The van der Waals surface area contributed by atoms with Crippen LogP contribution in [0.5, 0.6) is 0 Å². The van der Waals surface area contributed by atoms with Crippen LogP contribution in [0.4, 0.5) is 11.4 Å². The second kappa shape index (κ2) is 7.17. The Morgan fingerprint density at radius 3 is 2.50 bits per heavy atom. The number of aryl methyl sites for hydroxylation is 1. The molecule has 1 aliphatic rings. The van der Waals surface area contributed by atoms with E-state index in [-0.39, 0.29) is 11.8 Å². The second-order valence-corrected chi connectivity index (χ2v) is 6.02. The molecule has 1 aromatic heterocycles. The Kier molecular flexibility index (Phi) is 4.79. The van der Waals surface area contributed by atoms with E-state index in [1.807, 2.05) is 31.4 Å². The van der Waals surface area contributed by atoms with Crippen LogP contribution in [0.2, 0.25) is 0 Å². The number of rotatable bonds is 5. The maximum absolute atomic E-state index is 12.4. The second-order valence-electron chi connectivity index (χ2n) is 6.02. The van der Waals surface area contributed by atoms with Crippen molar-refractivity contribution in [1.82, 2.24) is 4.57 Å². The normalized spacial score (nSPS) is 16.1. The number of nitrogens with zero attached hydrogens (tertiary/aromatic N) is 1. The van der Waals surface area contributed by atoms with E-state index in [0.29, 0.717) is 29.4 Å². The van der Waals surface area contributed by atoms with Gasteiger partial charge in [-0.15, -0.1) is 0 Å². The van der Waals surface area contributed by atoms with E-state index in [4.69, 9.17) is 0 Å². The van der Waals surface area contributed by atoms with E-state index in [1.165, 1.54) is 0 Å². The molecule has 124 valence electrons. The molecule has 1 heterocycles. The summed E-state index contributed by atoms with van der Waals surface area (Å²) in [5.74, 6) is 0.0742. The van der Waals surface area contributed by atoms with Gasteiger partial charge >= 0.3 is 0 Å². The number of para-hydroxylation sites is 2. The standard InChI is InChI=1S/C19H21N3O2/c1-22-12-6-11-17(22)19(24)21-16-10-5-4-9-15(16)20-18(23)13-14-7-2-3-8-14/h2,4-7,9-12,14H,3,8,13H2,1H3,(H,20,23)(H,21,24). The number of carbonyl (C=O) groups excluding carboxylic acids is 2. The first kappa shape index (κ1) is 16.1. The van der Waals surface area contributed by atoms with Gasteiger partial charge in [-0.05, 0) is 43.0 Å². The molecule has 0 aliphatic heterocycles. The van der Waals surface area contributed by atoms with Crippen LogP contribution >= 0.6 is 0 Å². The van der Waals surface area contributed by atoms with Crippen molar-refractivity contribution in [3.8, 4) is 0 Å². The number of carbonyl (C=O) groups is 2. The molecule has 2 amide bonds. The largest absolute Gasteiger partial charge is 0.347 e. The van der Waals surface area contributed by atoms with E-state index in [9.17, 15) is 9.59 Å². The zero-order valence-electron chi connectivity index (χ0n) is 13.7. The third-order valence-corrected chi connectivity index (χ3v) is 4.19. The number of anilines is 2. The van der Waals surface area contributed by atoms with Crippen LogP contribution in [-0.4, -0.2) is 16.4 Å². The third kappa shape index (κ3) is 3.74. The Hall–Kier alpha value is -2.82. The quantitative estimate of drug-likeness (QED) is 0.826. The van der Waals surface area contributed by atoms with Gasteiger partial charge in [0.25, 0.3) is 5.91 Å². The van der Waals surface area contributed by atoms with Gasteiger partial charge in [0.2, 0.25) is 5.91 Å². The predicted octanol–water partition coefficient (Wildman–Crippen LogP) is 3.57. The first-order valence-electron chi connectivity index (χ1n) is 8.11. The zero-order chi connectivity index (χ0) is 16.9. The van der Waals surface area contributed by atoms with Crippen molar-refractivity contribution in [2.45, 2.75) is 19.3 Å². The molecule has 0 saturated carbocycles. The van der Waals surface area contributed by atoms with E-state index in [0.717, 1.165) is 12.8 Å². The Balaban J connectivity index is 1.68. The molecule has 5 heteroatoms. The van der Waals surface area contributed by atoms with Crippen molar-refractivity contribution in [3.05, 3.63) is 60.4 Å². The van der Waals surface area contributed by atoms with Gasteiger partial charge in [-0.25, -0.2) is 0 Å². The number of nitrogens with one attached hydrogen (secondary N) is 2. The molecule has 2 aromatic rings. The van der Waals surface area contributed by atoms with Crippen molar-refractivity contribution in [2.75, 3.05) is 10.6 Å².